The van der Waals surface area contributed by atoms with Gasteiger partial charge >= 0.3 is 29.7 Å². The van der Waals surface area contributed by atoms with E-state index in [1.165, 1.54) is 13.8 Å². The molecule has 0 spiro atoms. The number of methoxy groups -OCH3 is 1. The fourth-order valence-electron chi connectivity index (χ4n) is 3.46. The van der Waals surface area contributed by atoms with Crippen molar-refractivity contribution in [1.82, 2.24) is 0 Å². The van der Waals surface area contributed by atoms with Crippen molar-refractivity contribution >= 4 is 23.9 Å². The SMILES string of the molecule is CCOC(=O)C1(C(=O)OCC)OC(C(=O)OC)C(C(=O)OC(c2ccccc2)c2ccccc2)O1. The standard InChI is InChI=1S/C25H26O10/c1-4-31-23(28)25(24(29)32-5-2)34-19(21(26)30-3)20(35-25)22(27)33-18(16-12-8-6-9-13-16)17-14-10-7-11-15-17/h6-15,18-20H,4-5H2,1-3H3. The largest absolute Gasteiger partial charge is 0.467 e. The molecule has 35 heavy (non-hydrogen) atoms. The Morgan fingerprint density at radius 1 is 0.771 bits per heavy atom. The quantitative estimate of drug-likeness (QED) is 0.296. The van der Waals surface area contributed by atoms with Gasteiger partial charge in [0.25, 0.3) is 0 Å². The number of hydrogen-bond acceptors (Lipinski definition) is 10. The molecular weight excluding hydrogens is 460 g/mol. The van der Waals surface area contributed by atoms with Gasteiger partial charge in [0, 0.05) is 0 Å². The van der Waals surface area contributed by atoms with Gasteiger partial charge in [-0.15, -0.1) is 0 Å². The lowest BCUT2D eigenvalue weighted by molar-refractivity contribution is -0.228. The van der Waals surface area contributed by atoms with Crippen molar-refractivity contribution in [2.45, 2.75) is 37.9 Å². The minimum atomic E-state index is -2.80. The molecule has 10 heteroatoms. The summed E-state index contributed by atoms with van der Waals surface area (Å²) in [5, 5.41) is 0. The highest BCUT2D eigenvalue weighted by Gasteiger charge is 2.65. The summed E-state index contributed by atoms with van der Waals surface area (Å²) in [6.07, 6.45) is -4.51. The van der Waals surface area contributed by atoms with Gasteiger partial charge in [0.05, 0.1) is 20.3 Å². The normalized spacial score (nSPS) is 18.5. The number of benzene rings is 2. The van der Waals surface area contributed by atoms with Crippen LogP contribution >= 0.6 is 0 Å². The van der Waals surface area contributed by atoms with Crippen LogP contribution < -0.4 is 0 Å². The van der Waals surface area contributed by atoms with Gasteiger partial charge in [-0.25, -0.2) is 19.2 Å². The number of carbonyl (C=O) groups excluding carboxylic acids is 4. The van der Waals surface area contributed by atoms with Crippen molar-refractivity contribution in [3.05, 3.63) is 71.8 Å². The van der Waals surface area contributed by atoms with E-state index >= 15 is 0 Å². The van der Waals surface area contributed by atoms with Gasteiger partial charge in [0.2, 0.25) is 0 Å². The molecule has 0 aromatic heterocycles. The maximum Gasteiger partial charge on any atom is 0.379 e. The number of ether oxygens (including phenoxy) is 6. The van der Waals surface area contributed by atoms with E-state index in [0.29, 0.717) is 11.1 Å². The first kappa shape index (κ1) is 25.9. The lowest BCUT2D eigenvalue weighted by Crippen LogP contribution is -2.51. The first-order chi connectivity index (χ1) is 16.9. The number of rotatable bonds is 9. The minimum Gasteiger partial charge on any atom is -0.467 e. The Kier molecular flexibility index (Phi) is 8.56. The monoisotopic (exact) mass is 486 g/mol. The van der Waals surface area contributed by atoms with E-state index in [2.05, 4.69) is 0 Å². The first-order valence-corrected chi connectivity index (χ1v) is 11.0. The number of esters is 4. The van der Waals surface area contributed by atoms with Crippen molar-refractivity contribution in [2.75, 3.05) is 20.3 Å². The molecule has 10 nitrogen and oxygen atoms in total. The molecule has 1 heterocycles. The third kappa shape index (κ3) is 5.50. The summed E-state index contributed by atoms with van der Waals surface area (Å²) in [6.45, 7) is 2.74. The predicted octanol–water partition coefficient (Wildman–Crippen LogP) is 2.10. The van der Waals surface area contributed by atoms with Crippen molar-refractivity contribution in [3.63, 3.8) is 0 Å². The Balaban J connectivity index is 1.98. The van der Waals surface area contributed by atoms with Gasteiger partial charge in [-0.1, -0.05) is 60.7 Å². The average Bonchev–Trinajstić information content (AvgIpc) is 3.30. The number of carbonyl (C=O) groups is 4. The van der Waals surface area contributed by atoms with Crippen molar-refractivity contribution < 1.29 is 47.6 Å². The third-order valence-electron chi connectivity index (χ3n) is 5.05. The molecule has 0 saturated carbocycles. The van der Waals surface area contributed by atoms with Crippen molar-refractivity contribution in [3.8, 4) is 0 Å². The van der Waals surface area contributed by atoms with E-state index in [-0.39, 0.29) is 13.2 Å². The molecule has 0 N–H and O–H groups in total. The van der Waals surface area contributed by atoms with Crippen molar-refractivity contribution in [2.24, 2.45) is 0 Å². The van der Waals surface area contributed by atoms with Crippen LogP contribution in [0, 0.1) is 0 Å². The molecule has 2 atom stereocenters. The lowest BCUT2D eigenvalue weighted by Gasteiger charge is -2.23. The topological polar surface area (TPSA) is 124 Å². The van der Waals surface area contributed by atoms with Gasteiger partial charge < -0.3 is 28.4 Å². The van der Waals surface area contributed by atoms with Gasteiger partial charge in [0.1, 0.15) is 0 Å². The van der Waals surface area contributed by atoms with E-state index in [4.69, 9.17) is 28.4 Å². The molecule has 1 aliphatic rings. The van der Waals surface area contributed by atoms with Crippen LogP contribution in [0.2, 0.25) is 0 Å². The van der Waals surface area contributed by atoms with Crippen LogP contribution in [0.4, 0.5) is 0 Å². The fraction of sp³-hybridized carbons (Fsp3) is 0.360. The molecule has 1 aliphatic heterocycles. The number of hydrogen-bond donors (Lipinski definition) is 0. The molecule has 2 aromatic carbocycles. The zero-order valence-electron chi connectivity index (χ0n) is 19.5. The molecule has 1 saturated heterocycles. The highest BCUT2D eigenvalue weighted by molar-refractivity contribution is 6.03. The van der Waals surface area contributed by atoms with E-state index in [1.54, 1.807) is 48.5 Å². The van der Waals surface area contributed by atoms with Gasteiger partial charge in [-0.05, 0) is 25.0 Å². The van der Waals surface area contributed by atoms with E-state index in [1.807, 2.05) is 12.1 Å². The highest BCUT2D eigenvalue weighted by atomic mass is 16.8. The first-order valence-electron chi connectivity index (χ1n) is 11.0. The second-order valence-corrected chi connectivity index (χ2v) is 7.30. The lowest BCUT2D eigenvalue weighted by atomic mass is 10.0. The molecule has 3 rings (SSSR count). The molecule has 186 valence electrons. The molecule has 0 bridgehead atoms. The van der Waals surface area contributed by atoms with E-state index in [0.717, 1.165) is 7.11 Å². The van der Waals surface area contributed by atoms with Crippen LogP contribution in [0.3, 0.4) is 0 Å². The summed E-state index contributed by atoms with van der Waals surface area (Å²) in [4.78, 5) is 51.2. The van der Waals surface area contributed by atoms with Gasteiger partial charge in [0.15, 0.2) is 18.3 Å². The van der Waals surface area contributed by atoms with Crippen LogP contribution in [-0.4, -0.2) is 62.2 Å². The maximum atomic E-state index is 13.3. The second kappa shape index (κ2) is 11.6. The molecule has 1 fully saturated rings. The smallest absolute Gasteiger partial charge is 0.379 e. The van der Waals surface area contributed by atoms with Crippen LogP contribution in [0.1, 0.15) is 31.1 Å². The molecule has 0 radical (unpaired) electrons. The Morgan fingerprint density at radius 3 is 1.60 bits per heavy atom. The van der Waals surface area contributed by atoms with E-state index in [9.17, 15) is 19.2 Å². The van der Waals surface area contributed by atoms with Crippen LogP contribution in [0.15, 0.2) is 60.7 Å². The summed E-state index contributed by atoms with van der Waals surface area (Å²) in [5.74, 6) is -7.47. The molecule has 0 aliphatic carbocycles. The minimum absolute atomic E-state index is 0.130. The molecule has 2 unspecified atom stereocenters. The Bertz CT molecular complexity index is 979. The highest BCUT2D eigenvalue weighted by Crippen LogP contribution is 2.35. The second-order valence-electron chi connectivity index (χ2n) is 7.30. The summed E-state index contributed by atoms with van der Waals surface area (Å²) in [5.41, 5.74) is 1.28. The Morgan fingerprint density at radius 2 is 1.20 bits per heavy atom. The van der Waals surface area contributed by atoms with Crippen molar-refractivity contribution in [1.29, 1.82) is 0 Å². The molecule has 0 amide bonds. The summed E-state index contributed by atoms with van der Waals surface area (Å²) in [6, 6.07) is 17.8. The van der Waals surface area contributed by atoms with Gasteiger partial charge in [-0.3, -0.25) is 0 Å². The molecular formula is C25H26O10. The fourth-order valence-corrected chi connectivity index (χ4v) is 3.46. The third-order valence-corrected chi connectivity index (χ3v) is 5.05. The van der Waals surface area contributed by atoms with E-state index < -0.39 is 48.0 Å². The molecule has 2 aromatic rings. The maximum absolute atomic E-state index is 13.3. The zero-order chi connectivity index (χ0) is 25.4. The predicted molar refractivity (Wildman–Crippen MR) is 119 cm³/mol. The van der Waals surface area contributed by atoms with Gasteiger partial charge in [-0.2, -0.15) is 0 Å². The summed E-state index contributed by atoms with van der Waals surface area (Å²) in [7, 11) is 1.06. The van der Waals surface area contributed by atoms with Crippen LogP contribution in [0.5, 0.6) is 0 Å². The Hall–Kier alpha value is -3.76. The summed E-state index contributed by atoms with van der Waals surface area (Å²) >= 11 is 0. The van der Waals surface area contributed by atoms with Crippen LogP contribution in [-0.2, 0) is 47.6 Å². The summed E-state index contributed by atoms with van der Waals surface area (Å²) < 4.78 is 31.2. The zero-order valence-corrected chi connectivity index (χ0v) is 19.5. The van der Waals surface area contributed by atoms with Crippen LogP contribution in [0.25, 0.3) is 0 Å². The Labute approximate surface area is 202 Å². The average molecular weight is 486 g/mol.